The lowest BCUT2D eigenvalue weighted by Gasteiger charge is -2.07. The molecule has 30 heavy (non-hydrogen) atoms. The third kappa shape index (κ3) is 3.79. The Labute approximate surface area is 177 Å². The number of fused-ring (bicyclic) bond motifs is 1. The van der Waals surface area contributed by atoms with Crippen molar-refractivity contribution in [3.8, 4) is 0 Å². The summed E-state index contributed by atoms with van der Waals surface area (Å²) >= 11 is 5.88. The first-order valence-corrected chi connectivity index (χ1v) is 9.82. The summed E-state index contributed by atoms with van der Waals surface area (Å²) in [5, 5.41) is 6.91. The number of imide groups is 1. The smallest absolute Gasteiger partial charge is 0.328 e. The zero-order valence-electron chi connectivity index (χ0n) is 16.2. The molecule has 0 bridgehead atoms. The Morgan fingerprint density at radius 3 is 2.57 bits per heavy atom. The lowest BCUT2D eigenvalue weighted by Crippen LogP contribution is -2.30. The molecule has 0 aliphatic carbocycles. The van der Waals surface area contributed by atoms with Gasteiger partial charge in [-0.1, -0.05) is 29.8 Å². The zero-order valence-corrected chi connectivity index (χ0v) is 16.9. The van der Waals surface area contributed by atoms with Crippen LogP contribution in [0.25, 0.3) is 17.0 Å². The van der Waals surface area contributed by atoms with E-state index in [4.69, 9.17) is 11.6 Å². The molecule has 8 heteroatoms. The number of urea groups is 1. The van der Waals surface area contributed by atoms with Crippen LogP contribution in [0.15, 0.2) is 60.4 Å². The van der Waals surface area contributed by atoms with Crippen molar-refractivity contribution in [1.29, 1.82) is 0 Å². The molecule has 152 valence electrons. The van der Waals surface area contributed by atoms with Crippen LogP contribution < -0.4 is 10.6 Å². The number of benzene rings is 2. The third-order valence-electron chi connectivity index (χ3n) is 4.84. The Balaban J connectivity index is 1.62. The summed E-state index contributed by atoms with van der Waals surface area (Å²) in [5.41, 5.74) is 2.46. The first kappa shape index (κ1) is 19.7. The Morgan fingerprint density at radius 1 is 1.13 bits per heavy atom. The molecule has 4 amide bonds. The van der Waals surface area contributed by atoms with Crippen LogP contribution in [0, 0.1) is 0 Å². The van der Waals surface area contributed by atoms with Gasteiger partial charge in [-0.25, -0.2) is 4.79 Å². The van der Waals surface area contributed by atoms with Crippen molar-refractivity contribution in [2.45, 2.75) is 13.5 Å². The molecular weight excluding hydrogens is 404 g/mol. The Morgan fingerprint density at radius 2 is 1.87 bits per heavy atom. The maximum absolute atomic E-state index is 12.5. The Hall–Kier alpha value is -3.58. The van der Waals surface area contributed by atoms with Gasteiger partial charge in [-0.05, 0) is 43.3 Å². The van der Waals surface area contributed by atoms with Crippen molar-refractivity contribution in [2.75, 3.05) is 11.9 Å². The highest BCUT2D eigenvalue weighted by molar-refractivity contribution is 6.30. The lowest BCUT2D eigenvalue weighted by atomic mass is 10.1. The van der Waals surface area contributed by atoms with Gasteiger partial charge in [-0.15, -0.1) is 0 Å². The van der Waals surface area contributed by atoms with Crippen molar-refractivity contribution in [2.24, 2.45) is 0 Å². The van der Waals surface area contributed by atoms with E-state index in [-0.39, 0.29) is 24.1 Å². The molecule has 2 aromatic carbocycles. The second kappa shape index (κ2) is 8.04. The van der Waals surface area contributed by atoms with Gasteiger partial charge in [0.15, 0.2) is 0 Å². The van der Waals surface area contributed by atoms with Crippen LogP contribution in [0.1, 0.15) is 12.5 Å². The molecule has 0 atom stereocenters. The number of nitrogens with one attached hydrogen (secondary N) is 2. The minimum absolute atomic E-state index is 0.0910. The van der Waals surface area contributed by atoms with Gasteiger partial charge < -0.3 is 15.2 Å². The molecule has 0 radical (unpaired) electrons. The number of halogens is 1. The van der Waals surface area contributed by atoms with Crippen LogP contribution in [0.4, 0.5) is 10.5 Å². The average molecular weight is 423 g/mol. The number of likely N-dealkylation sites (N-methyl/N-ethyl adjacent to an activating group) is 1. The number of para-hydroxylation sites is 1. The molecule has 2 heterocycles. The first-order valence-electron chi connectivity index (χ1n) is 9.44. The number of amides is 4. The number of hydrogen-bond donors (Lipinski definition) is 2. The predicted octanol–water partition coefficient (Wildman–Crippen LogP) is 3.85. The van der Waals surface area contributed by atoms with Gasteiger partial charge >= 0.3 is 6.03 Å². The zero-order chi connectivity index (χ0) is 21.3. The molecule has 0 spiro atoms. The normalized spacial score (nSPS) is 15.1. The van der Waals surface area contributed by atoms with E-state index in [9.17, 15) is 14.4 Å². The predicted molar refractivity (Wildman–Crippen MR) is 116 cm³/mol. The molecule has 1 saturated heterocycles. The standard InChI is InChI=1S/C22H19ClN4O3/c1-2-27-21(29)18(25-22(27)30)11-14-12-26(19-6-4-3-5-17(14)19)13-20(28)24-16-9-7-15(23)8-10-16/h3-12H,2,13H2,1H3,(H,24,28)(H,25,30). The number of anilines is 1. The summed E-state index contributed by atoms with van der Waals surface area (Å²) in [4.78, 5) is 38.0. The van der Waals surface area contributed by atoms with E-state index < -0.39 is 6.03 Å². The summed E-state index contributed by atoms with van der Waals surface area (Å²) in [6, 6.07) is 14.0. The van der Waals surface area contributed by atoms with Crippen LogP contribution in [0.5, 0.6) is 0 Å². The highest BCUT2D eigenvalue weighted by Crippen LogP contribution is 2.25. The largest absolute Gasteiger partial charge is 0.337 e. The fourth-order valence-electron chi connectivity index (χ4n) is 3.42. The summed E-state index contributed by atoms with van der Waals surface area (Å²) in [5.74, 6) is -0.556. The summed E-state index contributed by atoms with van der Waals surface area (Å²) in [6.45, 7) is 2.13. The second-order valence-corrected chi connectivity index (χ2v) is 7.26. The highest BCUT2D eigenvalue weighted by atomic mass is 35.5. The van der Waals surface area contributed by atoms with Crippen LogP contribution in [-0.2, 0) is 16.1 Å². The second-order valence-electron chi connectivity index (χ2n) is 6.82. The molecule has 1 fully saturated rings. The topological polar surface area (TPSA) is 83.4 Å². The first-order chi connectivity index (χ1) is 14.5. The number of rotatable bonds is 5. The fraction of sp³-hybridized carbons (Fsp3) is 0.136. The number of carbonyl (C=O) groups excluding carboxylic acids is 3. The van der Waals surface area contributed by atoms with E-state index in [2.05, 4.69) is 10.6 Å². The molecule has 7 nitrogen and oxygen atoms in total. The number of aromatic nitrogens is 1. The van der Waals surface area contributed by atoms with Crippen molar-refractivity contribution in [3.63, 3.8) is 0 Å². The fourth-order valence-corrected chi connectivity index (χ4v) is 3.55. The van der Waals surface area contributed by atoms with Gasteiger partial charge in [-0.3, -0.25) is 14.5 Å². The van der Waals surface area contributed by atoms with Crippen LogP contribution in [-0.4, -0.2) is 33.9 Å². The van der Waals surface area contributed by atoms with Gasteiger partial charge in [0.05, 0.1) is 0 Å². The van der Waals surface area contributed by atoms with Crippen molar-refractivity contribution in [3.05, 3.63) is 71.0 Å². The molecule has 1 aliphatic heterocycles. The molecule has 0 saturated carbocycles. The maximum atomic E-state index is 12.5. The monoisotopic (exact) mass is 422 g/mol. The van der Waals surface area contributed by atoms with E-state index >= 15 is 0 Å². The molecule has 2 N–H and O–H groups in total. The Kier molecular flexibility index (Phi) is 5.29. The number of nitrogens with zero attached hydrogens (tertiary/aromatic N) is 2. The number of carbonyl (C=O) groups is 3. The van der Waals surface area contributed by atoms with Gasteiger partial charge in [0.1, 0.15) is 12.2 Å². The number of hydrogen-bond acceptors (Lipinski definition) is 3. The highest BCUT2D eigenvalue weighted by Gasteiger charge is 2.32. The van der Waals surface area contributed by atoms with E-state index in [1.165, 1.54) is 0 Å². The van der Waals surface area contributed by atoms with Crippen molar-refractivity contribution in [1.82, 2.24) is 14.8 Å². The summed E-state index contributed by atoms with van der Waals surface area (Å²) < 4.78 is 1.81. The molecule has 1 aromatic heterocycles. The summed E-state index contributed by atoms with van der Waals surface area (Å²) in [7, 11) is 0. The van der Waals surface area contributed by atoms with Gasteiger partial charge in [0.2, 0.25) is 5.91 Å². The van der Waals surface area contributed by atoms with Gasteiger partial charge in [-0.2, -0.15) is 0 Å². The summed E-state index contributed by atoms with van der Waals surface area (Å²) in [6.07, 6.45) is 3.44. The quantitative estimate of drug-likeness (QED) is 0.484. The molecule has 0 unspecified atom stereocenters. The van der Waals surface area contributed by atoms with E-state index in [1.807, 2.05) is 28.8 Å². The molecule has 4 rings (SSSR count). The van der Waals surface area contributed by atoms with Crippen molar-refractivity contribution >= 4 is 52.1 Å². The minimum Gasteiger partial charge on any atom is -0.337 e. The van der Waals surface area contributed by atoms with Crippen molar-refractivity contribution < 1.29 is 14.4 Å². The van der Waals surface area contributed by atoms with E-state index in [1.54, 1.807) is 43.5 Å². The van der Waals surface area contributed by atoms with E-state index in [0.29, 0.717) is 17.3 Å². The Bertz CT molecular complexity index is 1180. The molecule has 1 aliphatic rings. The minimum atomic E-state index is -0.431. The molecule has 3 aromatic rings. The SMILES string of the molecule is CCN1C(=O)NC(=Cc2cn(CC(=O)Nc3ccc(Cl)cc3)c3ccccc23)C1=O. The average Bonchev–Trinajstić information content (AvgIpc) is 3.20. The van der Waals surface area contributed by atoms with Crippen LogP contribution in [0.2, 0.25) is 5.02 Å². The van der Waals surface area contributed by atoms with E-state index in [0.717, 1.165) is 21.4 Å². The van der Waals surface area contributed by atoms with Crippen LogP contribution in [0.3, 0.4) is 0 Å². The van der Waals surface area contributed by atoms with Gasteiger partial charge in [0.25, 0.3) is 5.91 Å². The lowest BCUT2D eigenvalue weighted by molar-refractivity contribution is -0.122. The third-order valence-corrected chi connectivity index (χ3v) is 5.09. The maximum Gasteiger partial charge on any atom is 0.328 e. The van der Waals surface area contributed by atoms with Gasteiger partial charge in [0, 0.05) is 39.9 Å². The van der Waals surface area contributed by atoms with Crippen LogP contribution >= 0.6 is 11.6 Å². The molecular formula is C22H19ClN4O3.